The first-order chi connectivity index (χ1) is 9.21. The fraction of sp³-hybridized carbons (Fsp3) is 0.417. The second kappa shape index (κ2) is 8.58. The molecule has 0 atom stereocenters. The first kappa shape index (κ1) is 15.6. The maximum Gasteiger partial charge on any atom is 0.210 e. The molecule has 0 amide bonds. The zero-order valence-electron chi connectivity index (χ0n) is 11.1. The molecule has 19 heavy (non-hydrogen) atoms. The molecule has 0 heterocycles. The molecule has 1 rings (SSSR count). The van der Waals surface area contributed by atoms with E-state index in [0.717, 1.165) is 12.1 Å². The number of aliphatic imine (C=N–C) groups is 1. The number of nitrogens with one attached hydrogen (secondary N) is 2. The largest absolute Gasteiger partial charge is 0.495 e. The maximum atomic E-state index is 6.03. The fourth-order valence-electron chi connectivity index (χ4n) is 1.40. The normalized spacial score (nSPS) is 11.3. The highest BCUT2D eigenvalue weighted by atomic mass is 35.5. The van der Waals surface area contributed by atoms with Crippen LogP contribution in [0.5, 0.6) is 5.75 Å². The Morgan fingerprint density at radius 1 is 1.42 bits per heavy atom. The predicted molar refractivity (Wildman–Crippen MR) is 77.7 cm³/mol. The van der Waals surface area contributed by atoms with E-state index in [0.29, 0.717) is 29.9 Å². The van der Waals surface area contributed by atoms with Crippen LogP contribution in [0.15, 0.2) is 23.2 Å². The zero-order valence-corrected chi connectivity index (χ0v) is 11.8. The van der Waals surface area contributed by atoms with E-state index in [9.17, 15) is 0 Å². The van der Waals surface area contributed by atoms with Gasteiger partial charge in [-0.3, -0.25) is 10.4 Å². The van der Waals surface area contributed by atoms with Crippen molar-refractivity contribution in [1.29, 1.82) is 0 Å². The summed E-state index contributed by atoms with van der Waals surface area (Å²) in [5.74, 6) is 6.48. The van der Waals surface area contributed by atoms with Crippen molar-refractivity contribution in [2.75, 3.05) is 32.7 Å². The Morgan fingerprint density at radius 2 is 2.21 bits per heavy atom. The fourth-order valence-corrected chi connectivity index (χ4v) is 1.66. The third kappa shape index (κ3) is 5.34. The van der Waals surface area contributed by atoms with Crippen molar-refractivity contribution in [3.63, 3.8) is 0 Å². The molecule has 0 bridgehead atoms. The van der Waals surface area contributed by atoms with Crippen molar-refractivity contribution in [1.82, 2.24) is 5.43 Å². The molecule has 106 valence electrons. The number of nitrogens with two attached hydrogens (primary N) is 1. The molecule has 1 aromatic rings. The number of methoxy groups -OCH3 is 2. The molecule has 7 heteroatoms. The molecule has 0 aliphatic carbocycles. The van der Waals surface area contributed by atoms with E-state index in [1.807, 2.05) is 6.07 Å². The smallest absolute Gasteiger partial charge is 0.210 e. The summed E-state index contributed by atoms with van der Waals surface area (Å²) in [6, 6.07) is 5.33. The van der Waals surface area contributed by atoms with Gasteiger partial charge in [0.05, 0.1) is 12.1 Å². The Bertz CT molecular complexity index is 426. The summed E-state index contributed by atoms with van der Waals surface area (Å²) in [6.07, 6.45) is 0.826. The van der Waals surface area contributed by atoms with Crippen LogP contribution >= 0.6 is 11.6 Å². The second-order valence-electron chi connectivity index (χ2n) is 3.70. The Hall–Kier alpha value is -1.50. The first-order valence-corrected chi connectivity index (χ1v) is 6.19. The van der Waals surface area contributed by atoms with Crippen LogP contribution in [0.4, 0.5) is 5.69 Å². The maximum absolute atomic E-state index is 6.03. The number of nitrogens with zero attached hydrogens (tertiary/aromatic N) is 1. The van der Waals surface area contributed by atoms with Crippen molar-refractivity contribution in [2.45, 2.75) is 6.42 Å². The minimum atomic E-state index is 0.470. The van der Waals surface area contributed by atoms with Crippen LogP contribution < -0.4 is 21.3 Å². The lowest BCUT2D eigenvalue weighted by molar-refractivity contribution is 0.197. The van der Waals surface area contributed by atoms with Gasteiger partial charge in [-0.05, 0) is 24.6 Å². The van der Waals surface area contributed by atoms with Crippen LogP contribution in [0.25, 0.3) is 0 Å². The van der Waals surface area contributed by atoms with Crippen molar-refractivity contribution < 1.29 is 9.47 Å². The minimum absolute atomic E-state index is 0.470. The molecular formula is C12H19ClN4O2. The summed E-state index contributed by atoms with van der Waals surface area (Å²) in [6.45, 7) is 1.28. The van der Waals surface area contributed by atoms with Gasteiger partial charge >= 0.3 is 0 Å². The van der Waals surface area contributed by atoms with Crippen LogP contribution in [0.3, 0.4) is 0 Å². The third-order valence-corrected chi connectivity index (χ3v) is 2.62. The molecule has 0 aliphatic heterocycles. The lowest BCUT2D eigenvalue weighted by atomic mass is 10.3. The molecule has 0 saturated heterocycles. The highest BCUT2D eigenvalue weighted by Crippen LogP contribution is 2.27. The molecule has 0 saturated carbocycles. The molecule has 4 N–H and O–H groups in total. The molecule has 1 aromatic carbocycles. The summed E-state index contributed by atoms with van der Waals surface area (Å²) in [4.78, 5) is 4.26. The molecule has 0 aromatic heterocycles. The van der Waals surface area contributed by atoms with Gasteiger partial charge in [0.2, 0.25) is 5.96 Å². The monoisotopic (exact) mass is 286 g/mol. The van der Waals surface area contributed by atoms with Gasteiger partial charge in [0.15, 0.2) is 0 Å². The minimum Gasteiger partial charge on any atom is -0.495 e. The number of rotatable bonds is 6. The Morgan fingerprint density at radius 3 is 2.79 bits per heavy atom. The van der Waals surface area contributed by atoms with E-state index in [1.54, 1.807) is 26.4 Å². The third-order valence-electron chi connectivity index (χ3n) is 2.33. The van der Waals surface area contributed by atoms with Crippen LogP contribution in [0, 0.1) is 0 Å². The Balaban J connectivity index is 2.62. The molecule has 0 aliphatic rings. The van der Waals surface area contributed by atoms with Crippen molar-refractivity contribution >= 4 is 23.2 Å². The molecular weight excluding hydrogens is 268 g/mol. The number of ether oxygens (including phenoxy) is 2. The van der Waals surface area contributed by atoms with Crippen LogP contribution in [-0.4, -0.2) is 33.3 Å². The van der Waals surface area contributed by atoms with E-state index in [1.165, 1.54) is 0 Å². The van der Waals surface area contributed by atoms with Gasteiger partial charge in [0.25, 0.3) is 0 Å². The predicted octanol–water partition coefficient (Wildman–Crippen LogP) is 1.62. The number of hydrogen-bond donors (Lipinski definition) is 3. The second-order valence-corrected chi connectivity index (χ2v) is 4.10. The Labute approximate surface area is 117 Å². The summed E-state index contributed by atoms with van der Waals surface area (Å²) in [7, 11) is 3.22. The average molecular weight is 287 g/mol. The summed E-state index contributed by atoms with van der Waals surface area (Å²) < 4.78 is 10.0. The van der Waals surface area contributed by atoms with Gasteiger partial charge in [-0.15, -0.1) is 0 Å². The van der Waals surface area contributed by atoms with Gasteiger partial charge in [-0.1, -0.05) is 11.6 Å². The molecule has 6 nitrogen and oxygen atoms in total. The summed E-state index contributed by atoms with van der Waals surface area (Å²) in [5, 5.41) is 3.55. The highest BCUT2D eigenvalue weighted by Gasteiger charge is 2.03. The summed E-state index contributed by atoms with van der Waals surface area (Å²) >= 11 is 6.03. The van der Waals surface area contributed by atoms with Gasteiger partial charge in [0.1, 0.15) is 5.75 Å². The zero-order chi connectivity index (χ0) is 14.1. The summed E-state index contributed by atoms with van der Waals surface area (Å²) in [5.41, 5.74) is 3.27. The van der Waals surface area contributed by atoms with Gasteiger partial charge < -0.3 is 14.8 Å². The standard InChI is InChI=1S/C12H19ClN4O2/c1-18-7-3-6-15-12(17-14)16-9-4-5-11(19-2)10(13)8-9/h4-5,8H,3,6-7,14H2,1-2H3,(H2,15,16,17). The van der Waals surface area contributed by atoms with Gasteiger partial charge in [0, 0.05) is 25.9 Å². The number of halogens is 1. The number of hydrogen-bond acceptors (Lipinski definition) is 4. The van der Waals surface area contributed by atoms with E-state index >= 15 is 0 Å². The van der Waals surface area contributed by atoms with E-state index < -0.39 is 0 Å². The molecule has 0 radical (unpaired) electrons. The number of guanidine groups is 1. The first-order valence-electron chi connectivity index (χ1n) is 5.81. The van der Waals surface area contributed by atoms with Gasteiger partial charge in [-0.2, -0.15) is 0 Å². The van der Waals surface area contributed by atoms with E-state index in [4.69, 9.17) is 26.9 Å². The molecule has 0 fully saturated rings. The number of benzene rings is 1. The van der Waals surface area contributed by atoms with Crippen molar-refractivity contribution in [2.24, 2.45) is 10.8 Å². The van der Waals surface area contributed by atoms with E-state index in [2.05, 4.69) is 15.7 Å². The van der Waals surface area contributed by atoms with Crippen LogP contribution in [0.1, 0.15) is 6.42 Å². The number of hydrazine groups is 1. The average Bonchev–Trinajstić information content (AvgIpc) is 2.42. The highest BCUT2D eigenvalue weighted by molar-refractivity contribution is 6.32. The molecule has 0 unspecified atom stereocenters. The van der Waals surface area contributed by atoms with Crippen molar-refractivity contribution in [3.8, 4) is 5.75 Å². The van der Waals surface area contributed by atoms with Crippen LogP contribution in [-0.2, 0) is 4.74 Å². The van der Waals surface area contributed by atoms with E-state index in [-0.39, 0.29) is 0 Å². The topological polar surface area (TPSA) is 80.9 Å². The quantitative estimate of drug-likeness (QED) is 0.243. The molecule has 0 spiro atoms. The Kier molecular flexibility index (Phi) is 7.02. The van der Waals surface area contributed by atoms with Gasteiger partial charge in [-0.25, -0.2) is 5.84 Å². The lowest BCUT2D eigenvalue weighted by Crippen LogP contribution is -2.36. The lowest BCUT2D eigenvalue weighted by Gasteiger charge is -2.10. The number of anilines is 1. The van der Waals surface area contributed by atoms with Crippen LogP contribution in [0.2, 0.25) is 5.02 Å². The van der Waals surface area contributed by atoms with Crippen molar-refractivity contribution in [3.05, 3.63) is 23.2 Å². The SMILES string of the molecule is COCCCN=C(NN)Nc1ccc(OC)c(Cl)c1.